The van der Waals surface area contributed by atoms with Gasteiger partial charge in [0.1, 0.15) is 24.4 Å². The van der Waals surface area contributed by atoms with Crippen molar-refractivity contribution < 1.29 is 49.3 Å². The van der Waals surface area contributed by atoms with E-state index in [2.05, 4.69) is 19.2 Å². The van der Waals surface area contributed by atoms with Crippen LogP contribution in [0.15, 0.2) is 12.2 Å². The fraction of sp³-hybridized carbons (Fsp3) is 0.941. The first-order valence-corrected chi connectivity index (χ1v) is 34.5. The number of hydrogen-bond donors (Lipinski definition) is 6. The maximum absolute atomic E-state index is 13.0. The van der Waals surface area contributed by atoms with Crippen LogP contribution in [0.25, 0.3) is 0 Å². The number of aliphatic hydroxyl groups excluding tert-OH is 5. The number of hydrogen-bond acceptors (Lipinski definition) is 10. The van der Waals surface area contributed by atoms with Crippen molar-refractivity contribution in [2.24, 2.45) is 0 Å². The Bertz CT molecular complexity index is 1320. The van der Waals surface area contributed by atoms with Gasteiger partial charge in [-0.3, -0.25) is 9.59 Å². The van der Waals surface area contributed by atoms with Gasteiger partial charge < -0.3 is 45.1 Å². The third-order valence-electron chi connectivity index (χ3n) is 16.7. The summed E-state index contributed by atoms with van der Waals surface area (Å²) >= 11 is 0. The smallest absolute Gasteiger partial charge is 0.305 e. The number of ether oxygens (including phenoxy) is 3. The highest BCUT2D eigenvalue weighted by atomic mass is 16.7. The highest BCUT2D eigenvalue weighted by molar-refractivity contribution is 5.76. The highest BCUT2D eigenvalue weighted by Gasteiger charge is 2.44. The Hall–Kier alpha value is -1.60. The van der Waals surface area contributed by atoms with Crippen molar-refractivity contribution in [1.82, 2.24) is 5.32 Å². The molecule has 1 aliphatic heterocycles. The van der Waals surface area contributed by atoms with Crippen LogP contribution in [0.3, 0.4) is 0 Å². The predicted molar refractivity (Wildman–Crippen MR) is 329 cm³/mol. The molecule has 0 spiro atoms. The molecule has 1 rings (SSSR count). The number of aliphatic hydroxyl groups is 5. The Morgan fingerprint density at radius 1 is 0.456 bits per heavy atom. The summed E-state index contributed by atoms with van der Waals surface area (Å²) in [4.78, 5) is 25.1. The number of allylic oxidation sites excluding steroid dienone is 1. The van der Waals surface area contributed by atoms with E-state index in [1.165, 1.54) is 270 Å². The van der Waals surface area contributed by atoms with Gasteiger partial charge in [0, 0.05) is 12.8 Å². The lowest BCUT2D eigenvalue weighted by Crippen LogP contribution is -2.60. The van der Waals surface area contributed by atoms with Gasteiger partial charge in [0.25, 0.3) is 0 Å². The Morgan fingerprint density at radius 2 is 0.797 bits per heavy atom. The molecular weight excluding hydrogens is 991 g/mol. The predicted octanol–water partition coefficient (Wildman–Crippen LogP) is 17.1. The average Bonchev–Trinajstić information content (AvgIpc) is 3.45. The molecule has 1 heterocycles. The van der Waals surface area contributed by atoms with Crippen LogP contribution in [-0.4, -0.2) is 100 Å². The molecule has 0 aromatic heterocycles. The van der Waals surface area contributed by atoms with Crippen LogP contribution < -0.4 is 5.32 Å². The van der Waals surface area contributed by atoms with Gasteiger partial charge >= 0.3 is 5.97 Å². The SMILES string of the molecule is CCCCCCCCC/C=C/C(O)C(COC1OC(CO)C(O)C(O)C1O)NC(=O)CCCCCCCCCCCCCCCCCCCCCCCCCCCCOC(=O)CCCCCCCCCCCCCCCCCC. The fourth-order valence-corrected chi connectivity index (χ4v) is 11.2. The molecule has 1 fully saturated rings. The van der Waals surface area contributed by atoms with Crippen LogP contribution in [0.5, 0.6) is 0 Å². The zero-order chi connectivity index (χ0) is 57.3. The third kappa shape index (κ3) is 47.5. The lowest BCUT2D eigenvalue weighted by molar-refractivity contribution is -0.302. The van der Waals surface area contributed by atoms with Crippen LogP contribution in [0.2, 0.25) is 0 Å². The second-order valence-corrected chi connectivity index (χ2v) is 24.2. The summed E-state index contributed by atoms with van der Waals surface area (Å²) in [6.45, 7) is 4.36. The van der Waals surface area contributed by atoms with E-state index >= 15 is 0 Å². The summed E-state index contributed by atoms with van der Waals surface area (Å²) in [6.07, 6.45) is 60.7. The van der Waals surface area contributed by atoms with E-state index in [1.54, 1.807) is 6.08 Å². The summed E-state index contributed by atoms with van der Waals surface area (Å²) in [6, 6.07) is -0.806. The van der Waals surface area contributed by atoms with Gasteiger partial charge in [-0.25, -0.2) is 0 Å². The standard InChI is InChI=1S/C68H131NO10/c1-3-5-7-9-11-13-14-15-16-30-33-36-40-44-48-52-56-64(73)77-57-53-49-45-41-37-34-31-28-26-24-22-20-18-17-19-21-23-25-27-29-32-35-39-43-47-51-55-63(72)69-60(61(71)54-50-46-42-38-12-10-8-6-4-2)59-78-68-67(76)66(75)65(74)62(58-70)79-68/h50,54,60-62,65-68,70-71,74-76H,3-49,51-53,55-59H2,1-2H3,(H,69,72)/b54-50+. The molecule has 0 aromatic carbocycles. The minimum absolute atomic E-state index is 0.0114. The largest absolute Gasteiger partial charge is 0.466 e. The number of carbonyl (C=O) groups excluding carboxylic acids is 2. The average molecular weight is 1120 g/mol. The Balaban J connectivity index is 1.91. The topological polar surface area (TPSA) is 175 Å². The second-order valence-electron chi connectivity index (χ2n) is 24.2. The molecule has 1 amide bonds. The molecule has 11 nitrogen and oxygen atoms in total. The molecule has 0 radical (unpaired) electrons. The van der Waals surface area contributed by atoms with Crippen LogP contribution in [0, 0.1) is 0 Å². The first-order valence-electron chi connectivity index (χ1n) is 34.5. The lowest BCUT2D eigenvalue weighted by atomic mass is 9.99. The van der Waals surface area contributed by atoms with Crippen molar-refractivity contribution in [3.05, 3.63) is 12.2 Å². The van der Waals surface area contributed by atoms with Crippen molar-refractivity contribution >= 4 is 11.9 Å². The maximum atomic E-state index is 13.0. The molecule has 11 heteroatoms. The zero-order valence-corrected chi connectivity index (χ0v) is 51.9. The number of carbonyl (C=O) groups is 2. The normalized spacial score (nSPS) is 18.4. The van der Waals surface area contributed by atoms with E-state index in [9.17, 15) is 35.1 Å². The molecule has 6 N–H and O–H groups in total. The van der Waals surface area contributed by atoms with E-state index in [0.717, 1.165) is 51.4 Å². The monoisotopic (exact) mass is 1120 g/mol. The molecule has 7 atom stereocenters. The Morgan fingerprint density at radius 3 is 1.18 bits per heavy atom. The van der Waals surface area contributed by atoms with Gasteiger partial charge in [-0.15, -0.1) is 0 Å². The maximum Gasteiger partial charge on any atom is 0.305 e. The highest BCUT2D eigenvalue weighted by Crippen LogP contribution is 2.23. The minimum Gasteiger partial charge on any atom is -0.466 e. The molecule has 0 bridgehead atoms. The summed E-state index contributed by atoms with van der Waals surface area (Å²) in [7, 11) is 0. The number of unbranched alkanes of at least 4 members (excludes halogenated alkanes) is 47. The second kappa shape index (κ2) is 58.2. The zero-order valence-electron chi connectivity index (χ0n) is 51.9. The van der Waals surface area contributed by atoms with Crippen LogP contribution in [0.1, 0.15) is 348 Å². The Kier molecular flexibility index (Phi) is 55.5. The lowest BCUT2D eigenvalue weighted by Gasteiger charge is -2.40. The van der Waals surface area contributed by atoms with E-state index in [1.807, 2.05) is 6.08 Å². The first-order chi connectivity index (χ1) is 38.7. The fourth-order valence-electron chi connectivity index (χ4n) is 11.2. The van der Waals surface area contributed by atoms with Crippen molar-refractivity contribution in [3.63, 3.8) is 0 Å². The van der Waals surface area contributed by atoms with Crippen LogP contribution >= 0.6 is 0 Å². The molecule has 0 aromatic rings. The minimum atomic E-state index is -1.57. The van der Waals surface area contributed by atoms with Gasteiger partial charge in [0.2, 0.25) is 5.91 Å². The number of nitrogens with one attached hydrogen (secondary N) is 1. The Labute approximate surface area is 487 Å². The number of rotatable bonds is 61. The van der Waals surface area contributed by atoms with Gasteiger partial charge in [-0.2, -0.15) is 0 Å². The van der Waals surface area contributed by atoms with E-state index < -0.39 is 49.5 Å². The first kappa shape index (κ1) is 75.4. The van der Waals surface area contributed by atoms with Crippen molar-refractivity contribution in [1.29, 1.82) is 0 Å². The molecule has 1 aliphatic rings. The van der Waals surface area contributed by atoms with Gasteiger partial charge in [-0.05, 0) is 32.1 Å². The molecule has 1 saturated heterocycles. The number of esters is 1. The molecule has 0 saturated carbocycles. The third-order valence-corrected chi connectivity index (χ3v) is 16.7. The molecule has 79 heavy (non-hydrogen) atoms. The van der Waals surface area contributed by atoms with Crippen LogP contribution in [-0.2, 0) is 23.8 Å². The van der Waals surface area contributed by atoms with Gasteiger partial charge in [-0.1, -0.05) is 315 Å². The van der Waals surface area contributed by atoms with Crippen LogP contribution in [0.4, 0.5) is 0 Å². The summed E-state index contributed by atoms with van der Waals surface area (Å²) in [5.74, 6) is -0.168. The number of amides is 1. The van der Waals surface area contributed by atoms with Crippen molar-refractivity contribution in [2.75, 3.05) is 19.8 Å². The van der Waals surface area contributed by atoms with Gasteiger partial charge in [0.05, 0.1) is 32.0 Å². The van der Waals surface area contributed by atoms with Crippen molar-refractivity contribution in [3.8, 4) is 0 Å². The summed E-state index contributed by atoms with van der Waals surface area (Å²) in [5, 5.41) is 54.3. The molecule has 7 unspecified atom stereocenters. The van der Waals surface area contributed by atoms with Gasteiger partial charge in [0.15, 0.2) is 6.29 Å². The van der Waals surface area contributed by atoms with E-state index in [-0.39, 0.29) is 18.5 Å². The summed E-state index contributed by atoms with van der Waals surface area (Å²) in [5.41, 5.74) is 0. The van der Waals surface area contributed by atoms with Crippen molar-refractivity contribution in [2.45, 2.75) is 391 Å². The molecule has 0 aliphatic carbocycles. The van der Waals surface area contributed by atoms with E-state index in [0.29, 0.717) is 19.4 Å². The molecular formula is C68H131NO10. The van der Waals surface area contributed by atoms with E-state index in [4.69, 9.17) is 14.2 Å². The molecule has 468 valence electrons. The summed E-state index contributed by atoms with van der Waals surface area (Å²) < 4.78 is 16.7. The quantitative estimate of drug-likeness (QED) is 0.0195.